The van der Waals surface area contributed by atoms with Crippen molar-refractivity contribution >= 4 is 0 Å². The van der Waals surface area contributed by atoms with E-state index in [4.69, 9.17) is 5.73 Å². The molecular formula is C11H22N2. The highest BCUT2D eigenvalue weighted by Gasteiger charge is 2.39. The molecule has 2 rings (SSSR count). The third kappa shape index (κ3) is 2.44. The van der Waals surface area contributed by atoms with Gasteiger partial charge in [-0.05, 0) is 38.1 Å². The van der Waals surface area contributed by atoms with Crippen LogP contribution in [0, 0.1) is 5.92 Å². The summed E-state index contributed by atoms with van der Waals surface area (Å²) in [5.41, 5.74) is 6.32. The predicted octanol–water partition coefficient (Wildman–Crippen LogP) is 1.60. The zero-order chi connectivity index (χ0) is 9.31. The molecule has 2 fully saturated rings. The molecule has 0 unspecified atom stereocenters. The van der Waals surface area contributed by atoms with Gasteiger partial charge in [-0.2, -0.15) is 0 Å². The molecule has 0 saturated heterocycles. The quantitative estimate of drug-likeness (QED) is 0.700. The molecule has 76 valence electrons. The van der Waals surface area contributed by atoms with Crippen molar-refractivity contribution in [1.29, 1.82) is 0 Å². The van der Waals surface area contributed by atoms with E-state index in [0.717, 1.165) is 12.5 Å². The molecule has 2 aliphatic rings. The van der Waals surface area contributed by atoms with Gasteiger partial charge in [0.15, 0.2) is 0 Å². The van der Waals surface area contributed by atoms with Crippen molar-refractivity contribution in [1.82, 2.24) is 4.90 Å². The molecule has 0 aliphatic heterocycles. The summed E-state index contributed by atoms with van der Waals surface area (Å²) in [6.45, 7) is 5.87. The normalized spacial score (nSPS) is 26.1. The largest absolute Gasteiger partial charge is 0.324 e. The van der Waals surface area contributed by atoms with Gasteiger partial charge in [-0.3, -0.25) is 0 Å². The highest BCUT2D eigenvalue weighted by atomic mass is 15.2. The molecule has 0 aromatic heterocycles. The van der Waals surface area contributed by atoms with E-state index >= 15 is 0 Å². The van der Waals surface area contributed by atoms with Crippen molar-refractivity contribution < 1.29 is 0 Å². The summed E-state index contributed by atoms with van der Waals surface area (Å²) in [4.78, 5) is 2.55. The number of hydrogen-bond donors (Lipinski definition) is 1. The van der Waals surface area contributed by atoms with Crippen molar-refractivity contribution in [2.75, 3.05) is 19.6 Å². The zero-order valence-electron chi connectivity index (χ0n) is 8.76. The average Bonchev–Trinajstić information content (AvgIpc) is 2.74. The van der Waals surface area contributed by atoms with Crippen LogP contribution in [0.15, 0.2) is 0 Å². The third-order valence-electron chi connectivity index (χ3n) is 3.62. The maximum atomic E-state index is 6.12. The van der Waals surface area contributed by atoms with Gasteiger partial charge in [-0.1, -0.05) is 13.3 Å². The Kier molecular flexibility index (Phi) is 2.61. The second-order valence-corrected chi connectivity index (χ2v) is 4.99. The molecule has 2 aliphatic carbocycles. The van der Waals surface area contributed by atoms with Crippen molar-refractivity contribution in [3.05, 3.63) is 0 Å². The van der Waals surface area contributed by atoms with Gasteiger partial charge in [0.25, 0.3) is 0 Å². The molecule has 0 spiro atoms. The van der Waals surface area contributed by atoms with Crippen LogP contribution in [0.5, 0.6) is 0 Å². The number of nitrogens with two attached hydrogens (primary N) is 1. The summed E-state index contributed by atoms with van der Waals surface area (Å²) < 4.78 is 0. The Morgan fingerprint density at radius 1 is 1.38 bits per heavy atom. The van der Waals surface area contributed by atoms with Crippen LogP contribution < -0.4 is 5.73 Å². The monoisotopic (exact) mass is 182 g/mol. The highest BCUT2D eigenvalue weighted by molar-refractivity contribution is 5.01. The molecule has 2 N–H and O–H groups in total. The lowest BCUT2D eigenvalue weighted by Crippen LogP contribution is -2.42. The van der Waals surface area contributed by atoms with Crippen LogP contribution in [0.1, 0.15) is 39.0 Å². The molecular weight excluding hydrogens is 160 g/mol. The Morgan fingerprint density at radius 2 is 2.08 bits per heavy atom. The van der Waals surface area contributed by atoms with E-state index in [-0.39, 0.29) is 5.54 Å². The van der Waals surface area contributed by atoms with Crippen molar-refractivity contribution in [3.63, 3.8) is 0 Å². The van der Waals surface area contributed by atoms with Crippen LogP contribution in [0.25, 0.3) is 0 Å². The average molecular weight is 182 g/mol. The van der Waals surface area contributed by atoms with Gasteiger partial charge in [0.2, 0.25) is 0 Å². The van der Waals surface area contributed by atoms with E-state index in [1.807, 2.05) is 0 Å². The molecule has 13 heavy (non-hydrogen) atoms. The Morgan fingerprint density at radius 3 is 2.46 bits per heavy atom. The van der Waals surface area contributed by atoms with Gasteiger partial charge in [0.05, 0.1) is 0 Å². The fourth-order valence-electron chi connectivity index (χ4n) is 2.11. The van der Waals surface area contributed by atoms with Gasteiger partial charge in [0, 0.05) is 18.6 Å². The SMILES string of the molecule is CCN(CC1CCC1)CC1(N)CC1. The smallest absolute Gasteiger partial charge is 0.0284 e. The Labute approximate surface area is 81.5 Å². The minimum absolute atomic E-state index is 0.208. The Bertz CT molecular complexity index is 171. The summed E-state index contributed by atoms with van der Waals surface area (Å²) in [5, 5.41) is 0. The first-order valence-corrected chi connectivity index (χ1v) is 5.73. The first-order chi connectivity index (χ1) is 6.22. The van der Waals surface area contributed by atoms with Crippen LogP contribution in [0.3, 0.4) is 0 Å². The van der Waals surface area contributed by atoms with E-state index in [1.165, 1.54) is 45.2 Å². The highest BCUT2D eigenvalue weighted by Crippen LogP contribution is 2.34. The molecule has 2 saturated carbocycles. The second-order valence-electron chi connectivity index (χ2n) is 4.99. The molecule has 0 radical (unpaired) electrons. The number of nitrogens with zero attached hydrogens (tertiary/aromatic N) is 1. The Balaban J connectivity index is 1.72. The lowest BCUT2D eigenvalue weighted by molar-refractivity contribution is 0.173. The molecule has 0 amide bonds. The van der Waals surface area contributed by atoms with E-state index in [1.54, 1.807) is 0 Å². The van der Waals surface area contributed by atoms with Gasteiger partial charge in [-0.25, -0.2) is 0 Å². The van der Waals surface area contributed by atoms with Gasteiger partial charge in [0.1, 0.15) is 0 Å². The van der Waals surface area contributed by atoms with E-state index in [9.17, 15) is 0 Å². The molecule has 0 bridgehead atoms. The molecule has 0 aromatic carbocycles. The van der Waals surface area contributed by atoms with Crippen LogP contribution in [-0.2, 0) is 0 Å². The maximum Gasteiger partial charge on any atom is 0.0284 e. The minimum atomic E-state index is 0.208. The first-order valence-electron chi connectivity index (χ1n) is 5.73. The minimum Gasteiger partial charge on any atom is -0.324 e. The van der Waals surface area contributed by atoms with Crippen molar-refractivity contribution in [3.8, 4) is 0 Å². The zero-order valence-corrected chi connectivity index (χ0v) is 8.76. The fourth-order valence-corrected chi connectivity index (χ4v) is 2.11. The second kappa shape index (κ2) is 3.58. The first kappa shape index (κ1) is 9.47. The Hall–Kier alpha value is -0.0800. The van der Waals surface area contributed by atoms with Crippen LogP contribution in [-0.4, -0.2) is 30.1 Å². The van der Waals surface area contributed by atoms with Gasteiger partial charge < -0.3 is 10.6 Å². The van der Waals surface area contributed by atoms with Crippen LogP contribution in [0.4, 0.5) is 0 Å². The summed E-state index contributed by atoms with van der Waals surface area (Å²) in [6.07, 6.45) is 6.85. The predicted molar refractivity (Wildman–Crippen MR) is 55.6 cm³/mol. The summed E-state index contributed by atoms with van der Waals surface area (Å²) >= 11 is 0. The third-order valence-corrected chi connectivity index (χ3v) is 3.62. The molecule has 0 atom stereocenters. The lowest BCUT2D eigenvalue weighted by Gasteiger charge is -2.33. The molecule has 2 heteroatoms. The van der Waals surface area contributed by atoms with E-state index in [2.05, 4.69) is 11.8 Å². The topological polar surface area (TPSA) is 29.3 Å². The lowest BCUT2D eigenvalue weighted by atomic mass is 9.85. The standard InChI is InChI=1S/C11H22N2/c1-2-13(8-10-4-3-5-10)9-11(12)6-7-11/h10H,2-9,12H2,1H3. The van der Waals surface area contributed by atoms with Crippen LogP contribution >= 0.6 is 0 Å². The van der Waals surface area contributed by atoms with Crippen molar-refractivity contribution in [2.24, 2.45) is 11.7 Å². The van der Waals surface area contributed by atoms with E-state index < -0.39 is 0 Å². The summed E-state index contributed by atoms with van der Waals surface area (Å²) in [5.74, 6) is 0.988. The number of likely N-dealkylation sites (N-methyl/N-ethyl adjacent to an activating group) is 1. The summed E-state index contributed by atoms with van der Waals surface area (Å²) in [6, 6.07) is 0. The van der Waals surface area contributed by atoms with Gasteiger partial charge in [-0.15, -0.1) is 0 Å². The molecule has 0 heterocycles. The fraction of sp³-hybridized carbons (Fsp3) is 1.00. The van der Waals surface area contributed by atoms with Crippen molar-refractivity contribution in [2.45, 2.75) is 44.6 Å². The summed E-state index contributed by atoms with van der Waals surface area (Å²) in [7, 11) is 0. The van der Waals surface area contributed by atoms with Crippen LogP contribution in [0.2, 0.25) is 0 Å². The number of rotatable bonds is 5. The maximum absolute atomic E-state index is 6.12. The van der Waals surface area contributed by atoms with Gasteiger partial charge >= 0.3 is 0 Å². The molecule has 0 aromatic rings. The molecule has 2 nitrogen and oxygen atoms in total. The number of hydrogen-bond acceptors (Lipinski definition) is 2. The van der Waals surface area contributed by atoms with E-state index in [0.29, 0.717) is 0 Å².